The number of hydrogen-bond donors (Lipinski definition) is 0. The second-order valence-electron chi connectivity index (χ2n) is 7.68. The van der Waals surface area contributed by atoms with E-state index in [1.165, 1.54) is 33.5 Å². The quantitative estimate of drug-likeness (QED) is 0.627. The molecule has 2 aliphatic heterocycles. The van der Waals surface area contributed by atoms with E-state index in [9.17, 15) is 0 Å². The molecular formula is C21H26N4OS2. The van der Waals surface area contributed by atoms with Crippen LogP contribution in [0.3, 0.4) is 0 Å². The molecule has 3 aromatic heterocycles. The van der Waals surface area contributed by atoms with Crippen LogP contribution < -0.4 is 4.90 Å². The average molecular weight is 415 g/mol. The minimum absolute atomic E-state index is 0.439. The fraction of sp³-hybridized carbons (Fsp3) is 0.524. The molecule has 28 heavy (non-hydrogen) atoms. The molecule has 0 radical (unpaired) electrons. The van der Waals surface area contributed by atoms with Gasteiger partial charge in [-0.2, -0.15) is 0 Å². The van der Waals surface area contributed by atoms with Gasteiger partial charge in [0.25, 0.3) is 0 Å². The third-order valence-corrected chi connectivity index (χ3v) is 8.00. The van der Waals surface area contributed by atoms with Crippen LogP contribution in [0.2, 0.25) is 0 Å². The smallest absolute Gasteiger partial charge is 0.146 e. The Labute approximate surface area is 174 Å². The maximum atomic E-state index is 5.50. The molecule has 5 heterocycles. The summed E-state index contributed by atoms with van der Waals surface area (Å²) in [5, 5.41) is 3.45. The predicted octanol–water partition coefficient (Wildman–Crippen LogP) is 4.54. The van der Waals surface area contributed by atoms with Crippen molar-refractivity contribution >= 4 is 38.7 Å². The predicted molar refractivity (Wildman–Crippen MR) is 117 cm³/mol. The number of fused-ring (bicyclic) bond motifs is 1. The third-order valence-electron chi connectivity index (χ3n) is 5.92. The number of aryl methyl sites for hydroxylation is 2. The number of anilines is 1. The standard InChI is InChI=1S/C21H26N4OS2/c1-14-15(2)28-21-19(14)20(22-18(23-21)13-24-8-10-26-11-9-24)25-7-3-5-16(25)17-6-4-12-27-17/h4,6,12,16H,3,5,7-11,13H2,1-2H3/t16-/m0/s1. The molecular weight excluding hydrogens is 388 g/mol. The molecule has 0 spiro atoms. The van der Waals surface area contributed by atoms with Gasteiger partial charge in [-0.3, -0.25) is 4.90 Å². The SMILES string of the molecule is Cc1sc2nc(CN3CCOCC3)nc(N3CCC[C@H]3c3cccs3)c2c1C. The summed E-state index contributed by atoms with van der Waals surface area (Å²) in [7, 11) is 0. The molecule has 2 fully saturated rings. The van der Waals surface area contributed by atoms with E-state index in [0.717, 1.165) is 55.9 Å². The van der Waals surface area contributed by atoms with Gasteiger partial charge in [0, 0.05) is 29.4 Å². The molecule has 0 aromatic carbocycles. The lowest BCUT2D eigenvalue weighted by Crippen LogP contribution is -2.36. The Morgan fingerprint density at radius 3 is 2.82 bits per heavy atom. The summed E-state index contributed by atoms with van der Waals surface area (Å²) >= 11 is 3.67. The van der Waals surface area contributed by atoms with E-state index < -0.39 is 0 Å². The number of rotatable bonds is 4. The van der Waals surface area contributed by atoms with Crippen LogP contribution in [0.5, 0.6) is 0 Å². The summed E-state index contributed by atoms with van der Waals surface area (Å²) in [5.41, 5.74) is 1.34. The van der Waals surface area contributed by atoms with Gasteiger partial charge in [-0.25, -0.2) is 9.97 Å². The van der Waals surface area contributed by atoms with Gasteiger partial charge in [0.15, 0.2) is 0 Å². The van der Waals surface area contributed by atoms with E-state index in [4.69, 9.17) is 14.7 Å². The van der Waals surface area contributed by atoms with Crippen LogP contribution in [0, 0.1) is 13.8 Å². The highest BCUT2D eigenvalue weighted by atomic mass is 32.1. The lowest BCUT2D eigenvalue weighted by atomic mass is 10.1. The largest absolute Gasteiger partial charge is 0.379 e. The van der Waals surface area contributed by atoms with Crippen LogP contribution in [0.25, 0.3) is 10.2 Å². The number of ether oxygens (including phenoxy) is 1. The number of thiophene rings is 2. The topological polar surface area (TPSA) is 41.5 Å². The Morgan fingerprint density at radius 2 is 2.04 bits per heavy atom. The van der Waals surface area contributed by atoms with Crippen molar-refractivity contribution in [3.8, 4) is 0 Å². The van der Waals surface area contributed by atoms with Gasteiger partial charge >= 0.3 is 0 Å². The Morgan fingerprint density at radius 1 is 1.18 bits per heavy atom. The van der Waals surface area contributed by atoms with E-state index in [2.05, 4.69) is 41.2 Å². The van der Waals surface area contributed by atoms with Gasteiger partial charge < -0.3 is 9.64 Å². The summed E-state index contributed by atoms with van der Waals surface area (Å²) in [6.45, 7) is 9.83. The van der Waals surface area contributed by atoms with Crippen molar-refractivity contribution in [2.24, 2.45) is 0 Å². The Balaban J connectivity index is 1.57. The second-order valence-corrected chi connectivity index (χ2v) is 9.86. The fourth-order valence-corrected chi connectivity index (χ4v) is 6.22. The maximum absolute atomic E-state index is 5.50. The van der Waals surface area contributed by atoms with Gasteiger partial charge in [-0.05, 0) is 43.7 Å². The van der Waals surface area contributed by atoms with Gasteiger partial charge in [0.1, 0.15) is 16.5 Å². The second kappa shape index (κ2) is 7.71. The number of morpholine rings is 1. The Bertz CT molecular complexity index is 963. The lowest BCUT2D eigenvalue weighted by Gasteiger charge is -2.28. The summed E-state index contributed by atoms with van der Waals surface area (Å²) in [6.07, 6.45) is 2.42. The zero-order chi connectivity index (χ0) is 19.1. The van der Waals surface area contributed by atoms with Crippen LogP contribution in [0.4, 0.5) is 5.82 Å². The molecule has 0 aliphatic carbocycles. The molecule has 148 valence electrons. The van der Waals surface area contributed by atoms with Crippen molar-refractivity contribution in [1.82, 2.24) is 14.9 Å². The van der Waals surface area contributed by atoms with Gasteiger partial charge in [-0.1, -0.05) is 6.07 Å². The highest BCUT2D eigenvalue weighted by Gasteiger charge is 2.31. The first-order valence-electron chi connectivity index (χ1n) is 10.1. The van der Waals surface area contributed by atoms with Crippen LogP contribution in [-0.2, 0) is 11.3 Å². The van der Waals surface area contributed by atoms with Crippen molar-refractivity contribution in [3.05, 3.63) is 38.7 Å². The summed E-state index contributed by atoms with van der Waals surface area (Å²) < 4.78 is 5.50. The zero-order valence-electron chi connectivity index (χ0n) is 16.5. The average Bonchev–Trinajstić information content (AvgIpc) is 3.43. The molecule has 0 bridgehead atoms. The monoisotopic (exact) mass is 414 g/mol. The van der Waals surface area contributed by atoms with Crippen molar-refractivity contribution in [2.45, 2.75) is 39.3 Å². The van der Waals surface area contributed by atoms with Crippen LogP contribution in [0.1, 0.15) is 40.0 Å². The van der Waals surface area contributed by atoms with Crippen LogP contribution >= 0.6 is 22.7 Å². The molecule has 1 atom stereocenters. The summed E-state index contributed by atoms with van der Waals surface area (Å²) in [4.78, 5) is 19.0. The minimum Gasteiger partial charge on any atom is -0.379 e. The lowest BCUT2D eigenvalue weighted by molar-refractivity contribution is 0.0331. The van der Waals surface area contributed by atoms with Crippen molar-refractivity contribution in [1.29, 1.82) is 0 Å². The first-order chi connectivity index (χ1) is 13.7. The fourth-order valence-electron chi connectivity index (χ4n) is 4.31. The van der Waals surface area contributed by atoms with E-state index in [0.29, 0.717) is 6.04 Å². The van der Waals surface area contributed by atoms with E-state index in [1.807, 2.05) is 22.7 Å². The molecule has 2 saturated heterocycles. The van der Waals surface area contributed by atoms with E-state index in [-0.39, 0.29) is 0 Å². The van der Waals surface area contributed by atoms with Crippen LogP contribution in [-0.4, -0.2) is 47.7 Å². The number of nitrogens with zero attached hydrogens (tertiary/aromatic N) is 4. The third kappa shape index (κ3) is 3.34. The molecule has 0 amide bonds. The zero-order valence-corrected chi connectivity index (χ0v) is 18.1. The highest BCUT2D eigenvalue weighted by Crippen LogP contribution is 2.42. The van der Waals surface area contributed by atoms with Crippen molar-refractivity contribution in [3.63, 3.8) is 0 Å². The molecule has 5 nitrogen and oxygen atoms in total. The highest BCUT2D eigenvalue weighted by molar-refractivity contribution is 7.18. The first-order valence-corrected chi connectivity index (χ1v) is 11.8. The van der Waals surface area contributed by atoms with Crippen LogP contribution in [0.15, 0.2) is 17.5 Å². The van der Waals surface area contributed by atoms with E-state index >= 15 is 0 Å². The van der Waals surface area contributed by atoms with E-state index in [1.54, 1.807) is 0 Å². The first kappa shape index (κ1) is 18.5. The Kier molecular flexibility index (Phi) is 5.09. The molecule has 2 aliphatic rings. The van der Waals surface area contributed by atoms with Gasteiger partial charge in [0.2, 0.25) is 0 Å². The number of aromatic nitrogens is 2. The molecule has 3 aromatic rings. The summed E-state index contributed by atoms with van der Waals surface area (Å²) in [5.74, 6) is 2.09. The summed E-state index contributed by atoms with van der Waals surface area (Å²) in [6, 6.07) is 4.87. The normalized spacial score (nSPS) is 21.1. The molecule has 0 saturated carbocycles. The van der Waals surface area contributed by atoms with Crippen molar-refractivity contribution in [2.75, 3.05) is 37.7 Å². The number of hydrogen-bond acceptors (Lipinski definition) is 7. The molecule has 0 unspecified atom stereocenters. The van der Waals surface area contributed by atoms with Crippen molar-refractivity contribution < 1.29 is 4.74 Å². The molecule has 7 heteroatoms. The molecule has 0 N–H and O–H groups in total. The maximum Gasteiger partial charge on any atom is 0.146 e. The Hall–Kier alpha value is -1.54. The van der Waals surface area contributed by atoms with Gasteiger partial charge in [-0.15, -0.1) is 22.7 Å². The van der Waals surface area contributed by atoms with Gasteiger partial charge in [0.05, 0.1) is 31.2 Å². The minimum atomic E-state index is 0.439. The molecule has 5 rings (SSSR count).